The van der Waals surface area contributed by atoms with Crippen molar-refractivity contribution < 1.29 is 9.90 Å². The third-order valence-electron chi connectivity index (χ3n) is 3.18. The van der Waals surface area contributed by atoms with Gasteiger partial charge in [0, 0.05) is 0 Å². The Morgan fingerprint density at radius 2 is 2.25 bits per heavy atom. The Morgan fingerprint density at radius 1 is 1.50 bits per heavy atom. The van der Waals surface area contributed by atoms with E-state index in [1.807, 2.05) is 0 Å². The molecule has 2 heteroatoms. The predicted molar refractivity (Wildman–Crippen MR) is 45.8 cm³/mol. The molecular weight excluding hydrogens is 152 g/mol. The molecule has 2 aliphatic carbocycles. The fraction of sp³-hybridized carbons (Fsp3) is 0.700. The molecule has 2 rings (SSSR count). The van der Waals surface area contributed by atoms with Crippen LogP contribution >= 0.6 is 0 Å². The average molecular weight is 166 g/mol. The second-order valence-electron chi connectivity index (χ2n) is 3.93. The molecule has 0 aromatic heterocycles. The zero-order valence-electron chi connectivity index (χ0n) is 7.12. The van der Waals surface area contributed by atoms with E-state index in [-0.39, 0.29) is 5.41 Å². The number of carboxylic acids is 1. The van der Waals surface area contributed by atoms with Crippen LogP contribution in [0.3, 0.4) is 0 Å². The molecule has 1 saturated carbocycles. The Hall–Kier alpha value is -0.790. The lowest BCUT2D eigenvalue weighted by Gasteiger charge is -2.22. The van der Waals surface area contributed by atoms with Crippen LogP contribution in [-0.4, -0.2) is 11.1 Å². The topological polar surface area (TPSA) is 37.3 Å². The highest BCUT2D eigenvalue weighted by molar-refractivity contribution is 5.78. The maximum Gasteiger partial charge on any atom is 0.310 e. The van der Waals surface area contributed by atoms with Gasteiger partial charge < -0.3 is 5.11 Å². The number of hydrogen-bond donors (Lipinski definition) is 1. The molecule has 0 saturated heterocycles. The highest BCUT2D eigenvalue weighted by atomic mass is 16.4. The van der Waals surface area contributed by atoms with E-state index < -0.39 is 5.97 Å². The molecule has 0 aromatic carbocycles. The Kier molecular flexibility index (Phi) is 1.71. The summed E-state index contributed by atoms with van der Waals surface area (Å²) in [5.74, 6) is -0.261. The quantitative estimate of drug-likeness (QED) is 0.638. The van der Waals surface area contributed by atoms with Crippen LogP contribution in [0.5, 0.6) is 0 Å². The zero-order chi connectivity index (χ0) is 8.60. The van der Waals surface area contributed by atoms with Crippen LogP contribution < -0.4 is 0 Å². The van der Waals surface area contributed by atoms with E-state index >= 15 is 0 Å². The van der Waals surface area contributed by atoms with Crippen LogP contribution in [0.25, 0.3) is 0 Å². The van der Waals surface area contributed by atoms with Gasteiger partial charge in [-0.25, -0.2) is 0 Å². The summed E-state index contributed by atoms with van der Waals surface area (Å²) in [7, 11) is 0. The fourth-order valence-electron chi connectivity index (χ4n) is 2.15. The molecule has 0 amide bonds. The lowest BCUT2D eigenvalue weighted by atomic mass is 9.82. The molecule has 12 heavy (non-hydrogen) atoms. The predicted octanol–water partition coefficient (Wildman–Crippen LogP) is 2.21. The smallest absolute Gasteiger partial charge is 0.310 e. The van der Waals surface area contributed by atoms with Crippen LogP contribution in [0.4, 0.5) is 0 Å². The first-order valence-corrected chi connectivity index (χ1v) is 4.66. The first-order chi connectivity index (χ1) is 5.76. The lowest BCUT2D eigenvalue weighted by molar-refractivity contribution is -0.145. The van der Waals surface area contributed by atoms with Crippen molar-refractivity contribution in [2.75, 3.05) is 0 Å². The van der Waals surface area contributed by atoms with Gasteiger partial charge in [0.2, 0.25) is 0 Å². The highest BCUT2D eigenvalue weighted by Crippen LogP contribution is 2.55. The molecule has 66 valence electrons. The Bertz CT molecular complexity index is 226. The molecule has 1 fully saturated rings. The van der Waals surface area contributed by atoms with E-state index in [0.717, 1.165) is 32.1 Å². The number of carbonyl (C=O) groups is 1. The first-order valence-electron chi connectivity index (χ1n) is 4.66. The summed E-state index contributed by atoms with van der Waals surface area (Å²) in [5, 5.41) is 9.02. The molecule has 1 atom stereocenters. The summed E-state index contributed by atoms with van der Waals surface area (Å²) >= 11 is 0. The molecule has 2 aliphatic rings. The van der Waals surface area contributed by atoms with E-state index in [9.17, 15) is 4.79 Å². The maximum absolute atomic E-state index is 10.9. The van der Waals surface area contributed by atoms with Crippen LogP contribution in [0.15, 0.2) is 12.2 Å². The van der Waals surface area contributed by atoms with Crippen molar-refractivity contribution >= 4 is 5.97 Å². The molecule has 1 unspecified atom stereocenters. The van der Waals surface area contributed by atoms with Crippen molar-refractivity contribution in [1.82, 2.24) is 0 Å². The van der Waals surface area contributed by atoms with E-state index in [0.29, 0.717) is 5.92 Å². The molecular formula is C10H14O2. The van der Waals surface area contributed by atoms with Crippen LogP contribution in [0.1, 0.15) is 32.1 Å². The van der Waals surface area contributed by atoms with Gasteiger partial charge in [0.15, 0.2) is 0 Å². The highest BCUT2D eigenvalue weighted by Gasteiger charge is 2.54. The Labute approximate surface area is 72.3 Å². The van der Waals surface area contributed by atoms with E-state index in [2.05, 4.69) is 12.2 Å². The third kappa shape index (κ3) is 1.06. The van der Waals surface area contributed by atoms with Gasteiger partial charge in [-0.15, -0.1) is 0 Å². The van der Waals surface area contributed by atoms with Crippen molar-refractivity contribution in [3.05, 3.63) is 12.2 Å². The van der Waals surface area contributed by atoms with Gasteiger partial charge in [0.05, 0.1) is 5.41 Å². The van der Waals surface area contributed by atoms with E-state index in [4.69, 9.17) is 5.11 Å². The minimum Gasteiger partial charge on any atom is -0.481 e. The van der Waals surface area contributed by atoms with Crippen molar-refractivity contribution in [2.45, 2.75) is 32.1 Å². The number of allylic oxidation sites excluding steroid dienone is 2. The van der Waals surface area contributed by atoms with Gasteiger partial charge >= 0.3 is 5.97 Å². The SMILES string of the molecule is O=C(O)C1(C2C=CCCC2)CC1. The largest absolute Gasteiger partial charge is 0.481 e. The van der Waals surface area contributed by atoms with Crippen molar-refractivity contribution in [3.63, 3.8) is 0 Å². The Balaban J connectivity index is 2.12. The molecule has 1 N–H and O–H groups in total. The molecule has 0 aliphatic heterocycles. The van der Waals surface area contributed by atoms with Crippen LogP contribution in [0.2, 0.25) is 0 Å². The summed E-state index contributed by atoms with van der Waals surface area (Å²) in [4.78, 5) is 10.9. The van der Waals surface area contributed by atoms with Crippen LogP contribution in [-0.2, 0) is 4.79 Å². The molecule has 0 spiro atoms. The number of aliphatic carboxylic acids is 1. The number of rotatable bonds is 2. The summed E-state index contributed by atoms with van der Waals surface area (Å²) < 4.78 is 0. The van der Waals surface area contributed by atoms with E-state index in [1.54, 1.807) is 0 Å². The van der Waals surface area contributed by atoms with Crippen molar-refractivity contribution in [1.29, 1.82) is 0 Å². The monoisotopic (exact) mass is 166 g/mol. The first kappa shape index (κ1) is 7.84. The van der Waals surface area contributed by atoms with Crippen LogP contribution in [0, 0.1) is 11.3 Å². The summed E-state index contributed by atoms with van der Waals surface area (Å²) in [6, 6.07) is 0. The Morgan fingerprint density at radius 3 is 2.67 bits per heavy atom. The summed E-state index contributed by atoms with van der Waals surface area (Å²) in [6.07, 6.45) is 9.39. The van der Waals surface area contributed by atoms with Gasteiger partial charge in [-0.1, -0.05) is 12.2 Å². The van der Waals surface area contributed by atoms with Gasteiger partial charge in [-0.3, -0.25) is 4.79 Å². The summed E-state index contributed by atoms with van der Waals surface area (Å²) in [6.45, 7) is 0. The van der Waals surface area contributed by atoms with Gasteiger partial charge in [0.1, 0.15) is 0 Å². The van der Waals surface area contributed by atoms with E-state index in [1.165, 1.54) is 0 Å². The molecule has 0 heterocycles. The molecule has 2 nitrogen and oxygen atoms in total. The lowest BCUT2D eigenvalue weighted by Crippen LogP contribution is -2.24. The third-order valence-corrected chi connectivity index (χ3v) is 3.18. The molecule has 0 radical (unpaired) electrons. The normalized spacial score (nSPS) is 31.5. The second kappa shape index (κ2) is 2.61. The maximum atomic E-state index is 10.9. The second-order valence-corrected chi connectivity index (χ2v) is 3.93. The number of carboxylic acid groups (broad SMARTS) is 1. The van der Waals surface area contributed by atoms with Crippen molar-refractivity contribution in [2.24, 2.45) is 11.3 Å². The molecule has 0 aromatic rings. The molecule has 0 bridgehead atoms. The standard InChI is InChI=1S/C10H14O2/c11-9(12)10(6-7-10)8-4-2-1-3-5-8/h2,4,8H,1,3,5-7H2,(H,11,12). The minimum atomic E-state index is -0.584. The average Bonchev–Trinajstić information content (AvgIpc) is 2.86. The van der Waals surface area contributed by atoms with Gasteiger partial charge in [0.25, 0.3) is 0 Å². The fourth-order valence-corrected chi connectivity index (χ4v) is 2.15. The van der Waals surface area contributed by atoms with Crippen molar-refractivity contribution in [3.8, 4) is 0 Å². The zero-order valence-corrected chi connectivity index (χ0v) is 7.12. The number of hydrogen-bond acceptors (Lipinski definition) is 1. The minimum absolute atomic E-state index is 0.323. The van der Waals surface area contributed by atoms with Gasteiger partial charge in [-0.2, -0.15) is 0 Å². The summed E-state index contributed by atoms with van der Waals surface area (Å²) in [5.41, 5.74) is -0.350. The van der Waals surface area contributed by atoms with Gasteiger partial charge in [-0.05, 0) is 38.0 Å².